The number of likely N-dealkylation sites (N-methyl/N-ethyl adjacent to an activating group) is 1. The van der Waals surface area contributed by atoms with Crippen molar-refractivity contribution in [2.45, 2.75) is 70.2 Å². The third-order valence-electron chi connectivity index (χ3n) is 8.55. The van der Waals surface area contributed by atoms with Gasteiger partial charge in [0, 0.05) is 38.4 Å². The van der Waals surface area contributed by atoms with Gasteiger partial charge in [-0.1, -0.05) is 12.1 Å². The summed E-state index contributed by atoms with van der Waals surface area (Å²) in [7, 11) is 4.35. The fourth-order valence-corrected chi connectivity index (χ4v) is 6.37. The second kappa shape index (κ2) is 10.1. The van der Waals surface area contributed by atoms with Gasteiger partial charge in [0.1, 0.15) is 11.5 Å². The first kappa shape index (κ1) is 23.9. The second-order valence-corrected chi connectivity index (χ2v) is 11.3. The summed E-state index contributed by atoms with van der Waals surface area (Å²) >= 11 is 0. The van der Waals surface area contributed by atoms with Crippen molar-refractivity contribution in [3.05, 3.63) is 59.2 Å². The van der Waals surface area contributed by atoms with Gasteiger partial charge in [0.05, 0.1) is 29.7 Å². The number of aliphatic hydroxyl groups excluding tert-OH is 1. The predicted octanol–water partition coefficient (Wildman–Crippen LogP) is 4.04. The minimum atomic E-state index is -0.00473. The number of hydrogen-bond acceptors (Lipinski definition) is 6. The molecule has 3 aliphatic rings. The molecule has 3 aromatic rings. The van der Waals surface area contributed by atoms with Crippen molar-refractivity contribution in [1.29, 1.82) is 0 Å². The minimum Gasteiger partial charge on any atom is -0.390 e. The van der Waals surface area contributed by atoms with Gasteiger partial charge < -0.3 is 14.9 Å². The molecule has 1 aliphatic heterocycles. The van der Waals surface area contributed by atoms with Crippen molar-refractivity contribution in [3.63, 3.8) is 0 Å². The lowest BCUT2D eigenvalue weighted by atomic mass is 9.90. The highest BCUT2D eigenvalue weighted by molar-refractivity contribution is 5.55. The molecule has 36 heavy (non-hydrogen) atoms. The third kappa shape index (κ3) is 4.64. The molecule has 2 atom stereocenters. The molecule has 6 rings (SSSR count). The third-order valence-corrected chi connectivity index (χ3v) is 8.55. The molecule has 3 aromatic heterocycles. The first-order chi connectivity index (χ1) is 17.6. The van der Waals surface area contributed by atoms with Gasteiger partial charge in [-0.15, -0.1) is 0 Å². The van der Waals surface area contributed by atoms with Gasteiger partial charge in [-0.2, -0.15) is 0 Å². The van der Waals surface area contributed by atoms with Crippen LogP contribution in [0, 0.1) is 5.92 Å². The Labute approximate surface area is 214 Å². The molecule has 0 amide bonds. The molecule has 2 fully saturated rings. The molecule has 0 radical (unpaired) electrons. The molecule has 0 aromatic carbocycles. The minimum absolute atomic E-state index is 0.00473. The van der Waals surface area contributed by atoms with Gasteiger partial charge in [0.2, 0.25) is 0 Å². The quantitative estimate of drug-likeness (QED) is 0.516. The van der Waals surface area contributed by atoms with Crippen molar-refractivity contribution < 1.29 is 5.11 Å². The number of pyridine rings is 2. The van der Waals surface area contributed by atoms with Crippen molar-refractivity contribution in [1.82, 2.24) is 24.2 Å². The zero-order valence-electron chi connectivity index (χ0n) is 21.8. The number of aliphatic hydroxyl groups is 1. The first-order valence-corrected chi connectivity index (χ1v) is 13.8. The van der Waals surface area contributed by atoms with E-state index in [1.807, 2.05) is 6.20 Å². The number of nitrogens with zero attached hydrogens (tertiary/aromatic N) is 6. The summed E-state index contributed by atoms with van der Waals surface area (Å²) in [6, 6.07) is 11.6. The molecule has 1 N–H and O–H groups in total. The summed E-state index contributed by atoms with van der Waals surface area (Å²) in [6.45, 7) is 3.88. The van der Waals surface area contributed by atoms with E-state index in [0.717, 1.165) is 67.8 Å². The zero-order chi connectivity index (χ0) is 24.6. The Morgan fingerprint density at radius 3 is 2.75 bits per heavy atom. The van der Waals surface area contributed by atoms with Gasteiger partial charge in [0.15, 0.2) is 0 Å². The molecule has 7 heteroatoms. The molecule has 1 unspecified atom stereocenters. The van der Waals surface area contributed by atoms with Crippen molar-refractivity contribution in [2.24, 2.45) is 5.92 Å². The van der Waals surface area contributed by atoms with Crippen LogP contribution in [0.1, 0.15) is 67.2 Å². The van der Waals surface area contributed by atoms with Crippen LogP contribution in [0.4, 0.5) is 5.82 Å². The van der Waals surface area contributed by atoms with E-state index in [4.69, 9.17) is 9.97 Å². The summed E-state index contributed by atoms with van der Waals surface area (Å²) in [5.74, 6) is 1.93. The Balaban J connectivity index is 1.35. The van der Waals surface area contributed by atoms with E-state index >= 15 is 0 Å². The van der Waals surface area contributed by atoms with Gasteiger partial charge in [-0.3, -0.25) is 14.3 Å². The number of hydrogen-bond donors (Lipinski definition) is 1. The Morgan fingerprint density at radius 2 is 1.94 bits per heavy atom. The highest BCUT2D eigenvalue weighted by Gasteiger charge is 2.33. The lowest BCUT2D eigenvalue weighted by Gasteiger charge is -2.37. The van der Waals surface area contributed by atoms with Gasteiger partial charge in [-0.05, 0) is 88.7 Å². The van der Waals surface area contributed by atoms with Gasteiger partial charge in [0.25, 0.3) is 0 Å². The summed E-state index contributed by atoms with van der Waals surface area (Å²) in [5, 5.41) is 10.6. The van der Waals surface area contributed by atoms with E-state index in [-0.39, 0.29) is 6.61 Å². The fourth-order valence-electron chi connectivity index (χ4n) is 6.37. The van der Waals surface area contributed by atoms with E-state index in [2.05, 4.69) is 63.5 Å². The van der Waals surface area contributed by atoms with E-state index in [1.54, 1.807) is 0 Å². The summed E-state index contributed by atoms with van der Waals surface area (Å²) in [6.07, 6.45) is 10.5. The average Bonchev–Trinajstić information content (AvgIpc) is 3.66. The smallest absolute Gasteiger partial charge is 0.138 e. The highest BCUT2D eigenvalue weighted by atomic mass is 16.3. The lowest BCUT2D eigenvalue weighted by molar-refractivity contribution is 0.155. The van der Waals surface area contributed by atoms with Crippen LogP contribution < -0.4 is 4.90 Å². The molecule has 1 saturated heterocycles. The number of piperidine rings is 1. The maximum absolute atomic E-state index is 10.6. The topological polar surface area (TPSA) is 60.1 Å². The number of aryl methyl sites for hydroxylation is 1. The largest absolute Gasteiger partial charge is 0.390 e. The standard InChI is InChI=1S/C29H40N6O/c1-32(2)23-9-6-16-33(18-23)28-12-4-11-27-31-24(26(20-36)35(27)28)19-34(17-21-13-14-21)25-10-3-7-22-8-5-15-30-29(22)25/h4-5,8,11-12,15,21,23,25,36H,3,6-7,9-10,13-14,16-20H2,1-2H3/t23?,25-/m0/s1. The molecule has 0 spiro atoms. The maximum atomic E-state index is 10.6. The van der Waals surface area contributed by atoms with Crippen molar-refractivity contribution >= 4 is 11.5 Å². The maximum Gasteiger partial charge on any atom is 0.138 e. The Kier molecular flexibility index (Phi) is 6.71. The van der Waals surface area contributed by atoms with Crippen molar-refractivity contribution in [3.8, 4) is 0 Å². The molecule has 7 nitrogen and oxygen atoms in total. The number of imidazole rings is 1. The lowest BCUT2D eigenvalue weighted by Crippen LogP contribution is -2.45. The second-order valence-electron chi connectivity index (χ2n) is 11.3. The van der Waals surface area contributed by atoms with Gasteiger partial charge >= 0.3 is 0 Å². The van der Waals surface area contributed by atoms with Gasteiger partial charge in [-0.25, -0.2) is 4.98 Å². The number of anilines is 1. The molecule has 0 bridgehead atoms. The van der Waals surface area contributed by atoms with Crippen LogP contribution in [-0.4, -0.2) is 69.0 Å². The fraction of sp³-hybridized carbons (Fsp3) is 0.586. The van der Waals surface area contributed by atoms with E-state index in [0.29, 0.717) is 12.1 Å². The molecular formula is C29H40N6O. The predicted molar refractivity (Wildman–Crippen MR) is 143 cm³/mol. The summed E-state index contributed by atoms with van der Waals surface area (Å²) < 4.78 is 2.22. The van der Waals surface area contributed by atoms with E-state index < -0.39 is 0 Å². The van der Waals surface area contributed by atoms with E-state index in [9.17, 15) is 5.11 Å². The zero-order valence-corrected chi connectivity index (χ0v) is 21.8. The molecular weight excluding hydrogens is 448 g/mol. The SMILES string of the molecule is CN(C)C1CCCN(c2cccc3nc(CN(CC4CC4)[C@H]4CCCc5cccnc54)c(CO)n23)C1. The Bertz CT molecular complexity index is 1200. The molecule has 192 valence electrons. The van der Waals surface area contributed by atoms with Crippen LogP contribution in [-0.2, 0) is 19.6 Å². The van der Waals surface area contributed by atoms with Crippen LogP contribution in [0.25, 0.3) is 5.65 Å². The Hall–Kier alpha value is -2.48. The average molecular weight is 489 g/mol. The van der Waals surface area contributed by atoms with Crippen LogP contribution in [0.15, 0.2) is 36.5 Å². The number of rotatable bonds is 8. The monoisotopic (exact) mass is 488 g/mol. The normalized spacial score (nSPS) is 22.5. The van der Waals surface area contributed by atoms with Crippen LogP contribution in [0.5, 0.6) is 0 Å². The summed E-state index contributed by atoms with van der Waals surface area (Å²) in [5.41, 5.74) is 5.53. The van der Waals surface area contributed by atoms with Crippen LogP contribution in [0.2, 0.25) is 0 Å². The number of aromatic nitrogens is 3. The first-order valence-electron chi connectivity index (χ1n) is 13.8. The van der Waals surface area contributed by atoms with Crippen LogP contribution >= 0.6 is 0 Å². The molecule has 1 saturated carbocycles. The highest BCUT2D eigenvalue weighted by Crippen LogP contribution is 2.38. The van der Waals surface area contributed by atoms with Crippen LogP contribution in [0.3, 0.4) is 0 Å². The molecule has 2 aliphatic carbocycles. The summed E-state index contributed by atoms with van der Waals surface area (Å²) in [4.78, 5) is 17.4. The van der Waals surface area contributed by atoms with E-state index in [1.165, 1.54) is 43.4 Å². The Morgan fingerprint density at radius 1 is 1.06 bits per heavy atom. The number of fused-ring (bicyclic) bond motifs is 2. The van der Waals surface area contributed by atoms with Crippen molar-refractivity contribution in [2.75, 3.05) is 38.6 Å². The molecule has 4 heterocycles.